The highest BCUT2D eigenvalue weighted by atomic mass is 16.5. The first-order valence-corrected chi connectivity index (χ1v) is 9.40. The molecule has 1 aliphatic heterocycles. The van der Waals surface area contributed by atoms with E-state index in [-0.39, 0.29) is 12.0 Å². The highest BCUT2D eigenvalue weighted by Crippen LogP contribution is 2.29. The molecule has 0 saturated carbocycles. The lowest BCUT2D eigenvalue weighted by Crippen LogP contribution is -2.46. The lowest BCUT2D eigenvalue weighted by atomic mass is 9.92. The Morgan fingerprint density at radius 2 is 2.04 bits per heavy atom. The van der Waals surface area contributed by atoms with Crippen LogP contribution in [0.4, 0.5) is 0 Å². The summed E-state index contributed by atoms with van der Waals surface area (Å²) in [6.45, 7) is 6.79. The van der Waals surface area contributed by atoms with E-state index in [1.54, 1.807) is 0 Å². The standard InChI is InChI=1S/C22H28N2O2/c1-16(2)20-8-3-4-9-21(20)17-6-5-7-18(14-17)22(25)24-12-13-26-19(15-24)10-11-23/h3-9,14,16,19H,10-13,15,23H2,1-2H3. The summed E-state index contributed by atoms with van der Waals surface area (Å²) in [6, 6.07) is 16.4. The van der Waals surface area contributed by atoms with Crippen LogP contribution in [0.15, 0.2) is 48.5 Å². The smallest absolute Gasteiger partial charge is 0.254 e. The van der Waals surface area contributed by atoms with Crippen molar-refractivity contribution in [3.05, 3.63) is 59.7 Å². The molecule has 3 rings (SSSR count). The topological polar surface area (TPSA) is 55.6 Å². The fraction of sp³-hybridized carbons (Fsp3) is 0.409. The van der Waals surface area contributed by atoms with Gasteiger partial charge >= 0.3 is 0 Å². The van der Waals surface area contributed by atoms with Gasteiger partial charge in [0.2, 0.25) is 0 Å². The van der Waals surface area contributed by atoms with Gasteiger partial charge in [0.15, 0.2) is 0 Å². The predicted molar refractivity (Wildman–Crippen MR) is 105 cm³/mol. The number of carbonyl (C=O) groups excluding carboxylic acids is 1. The SMILES string of the molecule is CC(C)c1ccccc1-c1cccc(C(=O)N2CCOC(CCN)C2)c1. The van der Waals surface area contributed by atoms with Crippen molar-refractivity contribution in [2.75, 3.05) is 26.2 Å². The molecule has 2 aromatic rings. The second-order valence-electron chi connectivity index (χ2n) is 7.14. The molecule has 0 aromatic heterocycles. The summed E-state index contributed by atoms with van der Waals surface area (Å²) >= 11 is 0. The van der Waals surface area contributed by atoms with Crippen molar-refractivity contribution in [3.63, 3.8) is 0 Å². The number of carbonyl (C=O) groups is 1. The van der Waals surface area contributed by atoms with Crippen molar-refractivity contribution < 1.29 is 9.53 Å². The number of benzene rings is 2. The molecule has 4 heteroatoms. The summed E-state index contributed by atoms with van der Waals surface area (Å²) < 4.78 is 5.70. The van der Waals surface area contributed by atoms with Gasteiger partial charge in [-0.1, -0.05) is 50.2 Å². The molecule has 1 amide bonds. The largest absolute Gasteiger partial charge is 0.374 e. The molecule has 0 spiro atoms. The summed E-state index contributed by atoms with van der Waals surface area (Å²) in [4.78, 5) is 14.9. The Morgan fingerprint density at radius 1 is 1.23 bits per heavy atom. The number of nitrogens with zero attached hydrogens (tertiary/aromatic N) is 1. The van der Waals surface area contributed by atoms with Crippen molar-refractivity contribution >= 4 is 5.91 Å². The van der Waals surface area contributed by atoms with E-state index in [9.17, 15) is 4.79 Å². The average Bonchev–Trinajstić information content (AvgIpc) is 2.68. The van der Waals surface area contributed by atoms with Crippen LogP contribution in [0.1, 0.15) is 42.1 Å². The first-order chi connectivity index (χ1) is 12.6. The van der Waals surface area contributed by atoms with E-state index in [1.807, 2.05) is 23.1 Å². The zero-order valence-corrected chi connectivity index (χ0v) is 15.7. The molecule has 0 aliphatic carbocycles. The number of amides is 1. The summed E-state index contributed by atoms with van der Waals surface area (Å²) in [5.41, 5.74) is 9.94. The summed E-state index contributed by atoms with van der Waals surface area (Å²) in [7, 11) is 0. The van der Waals surface area contributed by atoms with E-state index in [0.29, 0.717) is 32.2 Å². The van der Waals surface area contributed by atoms with E-state index in [1.165, 1.54) is 11.1 Å². The van der Waals surface area contributed by atoms with Crippen LogP contribution >= 0.6 is 0 Å². The molecule has 1 heterocycles. The van der Waals surface area contributed by atoms with E-state index < -0.39 is 0 Å². The fourth-order valence-electron chi connectivity index (χ4n) is 3.53. The zero-order valence-electron chi connectivity index (χ0n) is 15.7. The minimum absolute atomic E-state index is 0.0440. The Hall–Kier alpha value is -2.17. The van der Waals surface area contributed by atoms with Gasteiger partial charge in [0, 0.05) is 18.7 Å². The van der Waals surface area contributed by atoms with E-state index >= 15 is 0 Å². The molecule has 26 heavy (non-hydrogen) atoms. The monoisotopic (exact) mass is 352 g/mol. The molecule has 1 fully saturated rings. The highest BCUT2D eigenvalue weighted by Gasteiger charge is 2.24. The number of nitrogens with two attached hydrogens (primary N) is 1. The van der Waals surface area contributed by atoms with Crippen molar-refractivity contribution in [1.82, 2.24) is 4.90 Å². The molecule has 2 aromatic carbocycles. The van der Waals surface area contributed by atoms with Crippen molar-refractivity contribution in [2.24, 2.45) is 5.73 Å². The van der Waals surface area contributed by atoms with E-state index in [4.69, 9.17) is 10.5 Å². The third-order valence-electron chi connectivity index (χ3n) is 4.92. The van der Waals surface area contributed by atoms with Gasteiger partial charge in [-0.2, -0.15) is 0 Å². The van der Waals surface area contributed by atoms with Gasteiger partial charge in [-0.25, -0.2) is 0 Å². The fourth-order valence-corrected chi connectivity index (χ4v) is 3.53. The van der Waals surface area contributed by atoms with Crippen LogP contribution in [0.2, 0.25) is 0 Å². The van der Waals surface area contributed by atoms with E-state index in [0.717, 1.165) is 17.5 Å². The quantitative estimate of drug-likeness (QED) is 0.893. The minimum Gasteiger partial charge on any atom is -0.374 e. The van der Waals surface area contributed by atoms with Crippen molar-refractivity contribution in [1.29, 1.82) is 0 Å². The molecular formula is C22H28N2O2. The van der Waals surface area contributed by atoms with Crippen LogP contribution in [0.25, 0.3) is 11.1 Å². The Labute approximate surface area is 156 Å². The van der Waals surface area contributed by atoms with Crippen LogP contribution in [0, 0.1) is 0 Å². The molecule has 1 unspecified atom stereocenters. The Kier molecular flexibility index (Phi) is 6.07. The Balaban J connectivity index is 1.85. The Morgan fingerprint density at radius 3 is 2.81 bits per heavy atom. The van der Waals surface area contributed by atoms with Gasteiger partial charge in [0.25, 0.3) is 5.91 Å². The summed E-state index contributed by atoms with van der Waals surface area (Å²) in [5, 5.41) is 0. The number of hydrogen-bond donors (Lipinski definition) is 1. The maximum atomic E-state index is 13.0. The van der Waals surface area contributed by atoms with Crippen LogP contribution in [-0.4, -0.2) is 43.2 Å². The molecular weight excluding hydrogens is 324 g/mol. The third kappa shape index (κ3) is 4.14. The van der Waals surface area contributed by atoms with Gasteiger partial charge in [-0.15, -0.1) is 0 Å². The zero-order chi connectivity index (χ0) is 18.5. The lowest BCUT2D eigenvalue weighted by Gasteiger charge is -2.33. The number of morpholine rings is 1. The predicted octanol–water partition coefficient (Wildman–Crippen LogP) is 3.67. The van der Waals surface area contributed by atoms with E-state index in [2.05, 4.69) is 44.2 Å². The maximum Gasteiger partial charge on any atom is 0.254 e. The minimum atomic E-state index is 0.0440. The normalized spacial score (nSPS) is 17.5. The van der Waals surface area contributed by atoms with Crippen LogP contribution in [-0.2, 0) is 4.74 Å². The molecule has 1 atom stereocenters. The second-order valence-corrected chi connectivity index (χ2v) is 7.14. The number of rotatable bonds is 5. The lowest BCUT2D eigenvalue weighted by molar-refractivity contribution is -0.0236. The summed E-state index contributed by atoms with van der Waals surface area (Å²) in [5.74, 6) is 0.501. The number of hydrogen-bond acceptors (Lipinski definition) is 3. The molecule has 0 bridgehead atoms. The highest BCUT2D eigenvalue weighted by molar-refractivity contribution is 5.95. The summed E-state index contributed by atoms with van der Waals surface area (Å²) in [6.07, 6.45) is 0.827. The van der Waals surface area contributed by atoms with Crippen LogP contribution < -0.4 is 5.73 Å². The van der Waals surface area contributed by atoms with Gasteiger partial charge in [0.1, 0.15) is 0 Å². The first-order valence-electron chi connectivity index (χ1n) is 9.40. The van der Waals surface area contributed by atoms with Gasteiger partial charge < -0.3 is 15.4 Å². The van der Waals surface area contributed by atoms with Gasteiger partial charge in [-0.05, 0) is 47.7 Å². The van der Waals surface area contributed by atoms with Gasteiger partial charge in [0.05, 0.1) is 12.7 Å². The third-order valence-corrected chi connectivity index (χ3v) is 4.92. The van der Waals surface area contributed by atoms with Crippen molar-refractivity contribution in [3.8, 4) is 11.1 Å². The molecule has 0 radical (unpaired) electrons. The first kappa shape index (κ1) is 18.6. The number of ether oxygens (including phenoxy) is 1. The maximum absolute atomic E-state index is 13.0. The molecule has 138 valence electrons. The Bertz CT molecular complexity index is 755. The molecule has 2 N–H and O–H groups in total. The van der Waals surface area contributed by atoms with Gasteiger partial charge in [-0.3, -0.25) is 4.79 Å². The molecule has 4 nitrogen and oxygen atoms in total. The van der Waals surface area contributed by atoms with Crippen LogP contribution in [0.3, 0.4) is 0 Å². The van der Waals surface area contributed by atoms with Crippen molar-refractivity contribution in [2.45, 2.75) is 32.3 Å². The average molecular weight is 352 g/mol. The molecule has 1 aliphatic rings. The second kappa shape index (κ2) is 8.47. The van der Waals surface area contributed by atoms with Crippen LogP contribution in [0.5, 0.6) is 0 Å². The molecule has 1 saturated heterocycles.